The van der Waals surface area contributed by atoms with Gasteiger partial charge in [0.25, 0.3) is 11.1 Å². The van der Waals surface area contributed by atoms with E-state index in [4.69, 9.17) is 17.0 Å². The zero-order valence-corrected chi connectivity index (χ0v) is 11.2. The molecular formula is C13H16N2O2S. The molecule has 0 aromatic rings. The van der Waals surface area contributed by atoms with Crippen molar-refractivity contribution in [2.24, 2.45) is 0 Å². The Balaban J connectivity index is 2.13. The van der Waals surface area contributed by atoms with Crippen LogP contribution in [0.4, 0.5) is 0 Å². The number of likely N-dealkylation sites (tertiary alicyclic amines) is 1. The topological polar surface area (TPSA) is 32.8 Å². The van der Waals surface area contributed by atoms with Gasteiger partial charge in [-0.2, -0.15) is 0 Å². The van der Waals surface area contributed by atoms with E-state index in [0.29, 0.717) is 6.54 Å². The second-order valence-electron chi connectivity index (χ2n) is 4.29. The van der Waals surface area contributed by atoms with Crippen LogP contribution in [0, 0.1) is 0 Å². The van der Waals surface area contributed by atoms with E-state index in [1.165, 1.54) is 10.6 Å². The Hall–Kier alpha value is -1.62. The number of allylic oxidation sites excluding steroid dienone is 3. The van der Waals surface area contributed by atoms with Crippen LogP contribution in [0.2, 0.25) is 0 Å². The van der Waals surface area contributed by atoms with E-state index in [0.717, 1.165) is 19.4 Å². The molecule has 0 unspecified atom stereocenters. The molecule has 0 bridgehead atoms. The van der Waals surface area contributed by atoms with Gasteiger partial charge in [0.15, 0.2) is 5.76 Å². The molecule has 4 nitrogen and oxygen atoms in total. The van der Waals surface area contributed by atoms with Gasteiger partial charge in [-0.15, -0.1) is 6.58 Å². The number of hydrogen-bond acceptors (Lipinski definition) is 4. The fourth-order valence-electron chi connectivity index (χ4n) is 2.01. The fraction of sp³-hybridized carbons (Fsp3) is 0.385. The second-order valence-corrected chi connectivity index (χ2v) is 4.64. The molecule has 0 atom stereocenters. The molecule has 0 saturated carbocycles. The van der Waals surface area contributed by atoms with Crippen molar-refractivity contribution in [1.82, 2.24) is 9.80 Å². The lowest BCUT2D eigenvalue weighted by Crippen LogP contribution is -2.28. The molecule has 0 spiro atoms. The fourth-order valence-corrected chi connectivity index (χ4v) is 2.26. The summed E-state index contributed by atoms with van der Waals surface area (Å²) in [6.45, 7) is 5.03. The molecule has 0 aromatic heterocycles. The van der Waals surface area contributed by atoms with Crippen LogP contribution in [0.3, 0.4) is 0 Å². The lowest BCUT2D eigenvalue weighted by Gasteiger charge is -2.11. The largest absolute Gasteiger partial charge is 0.426 e. The number of ether oxygens (including phenoxy) is 1. The average Bonchev–Trinajstić information content (AvgIpc) is 2.86. The molecule has 96 valence electrons. The molecule has 1 amide bonds. The normalized spacial score (nSPS) is 24.3. The van der Waals surface area contributed by atoms with Crippen molar-refractivity contribution in [2.75, 3.05) is 20.1 Å². The minimum Gasteiger partial charge on any atom is -0.426 e. The average molecular weight is 264 g/mol. The first-order valence-corrected chi connectivity index (χ1v) is 6.31. The molecule has 18 heavy (non-hydrogen) atoms. The third-order valence-electron chi connectivity index (χ3n) is 3.03. The van der Waals surface area contributed by atoms with Gasteiger partial charge < -0.3 is 9.64 Å². The lowest BCUT2D eigenvalue weighted by atomic mass is 10.3. The second kappa shape index (κ2) is 5.35. The highest BCUT2D eigenvalue weighted by Gasteiger charge is 2.32. The highest BCUT2D eigenvalue weighted by atomic mass is 32.1. The first kappa shape index (κ1) is 12.8. The van der Waals surface area contributed by atoms with Gasteiger partial charge in [0, 0.05) is 25.8 Å². The van der Waals surface area contributed by atoms with E-state index < -0.39 is 0 Å². The number of carbonyl (C=O) groups excluding carboxylic acids is 1. The molecule has 2 rings (SSSR count). The van der Waals surface area contributed by atoms with Gasteiger partial charge in [-0.3, -0.25) is 9.69 Å². The maximum absolute atomic E-state index is 11.9. The highest BCUT2D eigenvalue weighted by molar-refractivity contribution is 7.80. The van der Waals surface area contributed by atoms with Crippen molar-refractivity contribution in [2.45, 2.75) is 12.8 Å². The summed E-state index contributed by atoms with van der Waals surface area (Å²) < 4.78 is 5.29. The smallest absolute Gasteiger partial charge is 0.297 e. The Labute approximate surface area is 112 Å². The summed E-state index contributed by atoms with van der Waals surface area (Å²) in [6, 6.07) is 0. The SMILES string of the molecule is C=CCN1C(=O)/C(=C/C=C2\CCCN2C)OC1=S. The monoisotopic (exact) mass is 264 g/mol. The zero-order chi connectivity index (χ0) is 13.1. The Kier molecular flexibility index (Phi) is 3.81. The standard InChI is InChI=1S/C13H16N2O2S/c1-3-8-15-12(16)11(17-13(15)18)7-6-10-5-4-9-14(10)2/h3,6-7H,1,4-5,8-9H2,2H3/b10-6+,11-7-. The Morgan fingerprint density at radius 1 is 1.50 bits per heavy atom. The van der Waals surface area contributed by atoms with E-state index in [2.05, 4.69) is 11.5 Å². The van der Waals surface area contributed by atoms with Gasteiger partial charge >= 0.3 is 0 Å². The van der Waals surface area contributed by atoms with E-state index >= 15 is 0 Å². The summed E-state index contributed by atoms with van der Waals surface area (Å²) in [7, 11) is 2.04. The van der Waals surface area contributed by atoms with E-state index in [1.54, 1.807) is 12.2 Å². The van der Waals surface area contributed by atoms with Crippen molar-refractivity contribution < 1.29 is 9.53 Å². The van der Waals surface area contributed by atoms with Crippen molar-refractivity contribution in [3.63, 3.8) is 0 Å². The van der Waals surface area contributed by atoms with Crippen LogP contribution in [0.1, 0.15) is 12.8 Å². The van der Waals surface area contributed by atoms with Gasteiger partial charge in [0.1, 0.15) is 0 Å². The van der Waals surface area contributed by atoms with Gasteiger partial charge in [0.05, 0.1) is 0 Å². The molecular weight excluding hydrogens is 248 g/mol. The maximum atomic E-state index is 11.9. The van der Waals surface area contributed by atoms with Crippen LogP contribution < -0.4 is 0 Å². The molecule has 0 aromatic carbocycles. The number of amides is 1. The number of thiocarbonyl (C=S) groups is 1. The van der Waals surface area contributed by atoms with E-state index in [9.17, 15) is 4.79 Å². The summed E-state index contributed by atoms with van der Waals surface area (Å²) in [5.74, 6) is 0.0899. The molecule has 5 heteroatoms. The van der Waals surface area contributed by atoms with Crippen molar-refractivity contribution >= 4 is 23.3 Å². The first-order chi connectivity index (χ1) is 8.63. The van der Waals surface area contributed by atoms with E-state index in [1.807, 2.05) is 13.1 Å². The van der Waals surface area contributed by atoms with Crippen LogP contribution in [0.15, 0.2) is 36.3 Å². The molecule has 0 N–H and O–H groups in total. The zero-order valence-electron chi connectivity index (χ0n) is 10.4. The molecule has 0 radical (unpaired) electrons. The molecule has 2 saturated heterocycles. The summed E-state index contributed by atoms with van der Waals surface area (Å²) in [5, 5.41) is 0.198. The quantitative estimate of drug-likeness (QED) is 0.442. The predicted octanol–water partition coefficient (Wildman–Crippen LogP) is 1.81. The van der Waals surface area contributed by atoms with Crippen molar-refractivity contribution in [3.8, 4) is 0 Å². The van der Waals surface area contributed by atoms with Gasteiger partial charge in [-0.25, -0.2) is 0 Å². The van der Waals surface area contributed by atoms with E-state index in [-0.39, 0.29) is 16.8 Å². The molecule has 2 fully saturated rings. The van der Waals surface area contributed by atoms with Crippen LogP contribution in [-0.4, -0.2) is 41.0 Å². The molecule has 2 aliphatic heterocycles. The Morgan fingerprint density at radius 3 is 2.89 bits per heavy atom. The third kappa shape index (κ3) is 2.46. The maximum Gasteiger partial charge on any atom is 0.297 e. The number of rotatable bonds is 3. The first-order valence-electron chi connectivity index (χ1n) is 5.90. The minimum absolute atomic E-state index is 0.197. The Morgan fingerprint density at radius 2 is 2.28 bits per heavy atom. The van der Waals surface area contributed by atoms with Crippen LogP contribution in [0.25, 0.3) is 0 Å². The summed E-state index contributed by atoms with van der Waals surface area (Å²) in [6.07, 6.45) is 7.45. The van der Waals surface area contributed by atoms with Gasteiger partial charge in [-0.05, 0) is 37.2 Å². The Bertz CT molecular complexity index is 454. The minimum atomic E-state index is -0.197. The summed E-state index contributed by atoms with van der Waals surface area (Å²) >= 11 is 5.00. The highest BCUT2D eigenvalue weighted by Crippen LogP contribution is 2.21. The van der Waals surface area contributed by atoms with Gasteiger partial charge in [-0.1, -0.05) is 6.08 Å². The number of carbonyl (C=O) groups is 1. The molecule has 2 heterocycles. The lowest BCUT2D eigenvalue weighted by molar-refractivity contribution is -0.122. The molecule has 2 aliphatic rings. The van der Waals surface area contributed by atoms with Crippen LogP contribution in [0.5, 0.6) is 0 Å². The van der Waals surface area contributed by atoms with Crippen molar-refractivity contribution in [3.05, 3.63) is 36.3 Å². The number of hydrogen-bond donors (Lipinski definition) is 0. The summed E-state index contributed by atoms with van der Waals surface area (Å²) in [4.78, 5) is 15.5. The third-order valence-corrected chi connectivity index (χ3v) is 3.33. The van der Waals surface area contributed by atoms with Crippen molar-refractivity contribution in [1.29, 1.82) is 0 Å². The predicted molar refractivity (Wildman–Crippen MR) is 73.6 cm³/mol. The van der Waals surface area contributed by atoms with Gasteiger partial charge in [0.2, 0.25) is 0 Å². The molecule has 0 aliphatic carbocycles. The summed E-state index contributed by atoms with van der Waals surface area (Å²) in [5.41, 5.74) is 1.21. The van der Waals surface area contributed by atoms with Crippen LogP contribution in [-0.2, 0) is 9.53 Å². The van der Waals surface area contributed by atoms with Crippen LogP contribution >= 0.6 is 12.2 Å². The number of nitrogens with zero attached hydrogens (tertiary/aromatic N) is 2.